The lowest BCUT2D eigenvalue weighted by molar-refractivity contribution is -0.140. The molecule has 0 saturated carbocycles. The molecule has 32 heavy (non-hydrogen) atoms. The summed E-state index contributed by atoms with van der Waals surface area (Å²) in [7, 11) is 3.68. The van der Waals surface area contributed by atoms with Crippen molar-refractivity contribution in [1.29, 1.82) is 0 Å². The van der Waals surface area contributed by atoms with Crippen molar-refractivity contribution in [3.63, 3.8) is 0 Å². The number of ether oxygens (including phenoxy) is 1. The van der Waals surface area contributed by atoms with Crippen LogP contribution < -0.4 is 4.74 Å². The molecule has 1 fully saturated rings. The molecule has 1 saturated heterocycles. The number of hydrogen-bond acceptors (Lipinski definition) is 5. The van der Waals surface area contributed by atoms with Crippen molar-refractivity contribution in [3.8, 4) is 5.75 Å². The summed E-state index contributed by atoms with van der Waals surface area (Å²) < 4.78 is 20.3. The Morgan fingerprint density at radius 3 is 2.59 bits per heavy atom. The van der Waals surface area contributed by atoms with Gasteiger partial charge in [0.1, 0.15) is 23.9 Å². The number of aliphatic hydroxyl groups excluding tert-OH is 1. The fraction of sp³-hybridized carbons (Fsp3) is 0.280. The minimum absolute atomic E-state index is 0.127. The molecule has 0 spiro atoms. The molecule has 0 aromatic heterocycles. The van der Waals surface area contributed by atoms with Crippen molar-refractivity contribution < 1.29 is 23.8 Å². The van der Waals surface area contributed by atoms with Crippen LogP contribution in [0.25, 0.3) is 5.76 Å². The minimum Gasteiger partial charge on any atom is -0.507 e. The van der Waals surface area contributed by atoms with Gasteiger partial charge in [0.25, 0.3) is 11.7 Å². The van der Waals surface area contributed by atoms with Gasteiger partial charge in [-0.05, 0) is 50.8 Å². The average Bonchev–Trinajstić information content (AvgIpc) is 3.01. The van der Waals surface area contributed by atoms with Crippen LogP contribution in [-0.4, -0.2) is 60.4 Å². The number of Topliss-reactive ketones (excluding diaryl/α,β-unsaturated/α-hetero) is 1. The van der Waals surface area contributed by atoms with Crippen LogP contribution in [0.4, 0.5) is 4.39 Å². The lowest BCUT2D eigenvalue weighted by atomic mass is 9.94. The zero-order chi connectivity index (χ0) is 23.4. The van der Waals surface area contributed by atoms with Gasteiger partial charge in [-0.15, -0.1) is 0 Å². The summed E-state index contributed by atoms with van der Waals surface area (Å²) in [5.74, 6) is -1.88. The Labute approximate surface area is 187 Å². The quantitative estimate of drug-likeness (QED) is 0.295. The molecular weight excluding hydrogens is 411 g/mol. The highest BCUT2D eigenvalue weighted by Gasteiger charge is 2.46. The van der Waals surface area contributed by atoms with Gasteiger partial charge < -0.3 is 19.6 Å². The standard InChI is InChI=1S/C25H27FN2O4/c1-5-14-32-20-11-10-17(15-16(20)2)23(29)21-22(18-8-6-7-9-19(18)26)28(13-12-27(3)4)25(31)24(21)30/h5-11,15,22,29H,1,12-14H2,2-4H3/t22-/m0/s1. The van der Waals surface area contributed by atoms with Gasteiger partial charge in [-0.25, -0.2) is 4.39 Å². The van der Waals surface area contributed by atoms with E-state index >= 15 is 0 Å². The van der Waals surface area contributed by atoms with Crippen molar-refractivity contribution in [2.45, 2.75) is 13.0 Å². The van der Waals surface area contributed by atoms with Gasteiger partial charge in [0.15, 0.2) is 0 Å². The maximum atomic E-state index is 14.8. The number of aliphatic hydroxyl groups is 1. The van der Waals surface area contributed by atoms with Gasteiger partial charge in [-0.1, -0.05) is 30.9 Å². The molecule has 0 unspecified atom stereocenters. The molecule has 6 nitrogen and oxygen atoms in total. The first-order valence-electron chi connectivity index (χ1n) is 10.3. The van der Waals surface area contributed by atoms with E-state index in [0.29, 0.717) is 24.5 Å². The van der Waals surface area contributed by atoms with Gasteiger partial charge in [0.2, 0.25) is 0 Å². The molecule has 3 rings (SSSR count). The Kier molecular flexibility index (Phi) is 7.10. The van der Waals surface area contributed by atoms with Gasteiger partial charge in [0.05, 0.1) is 11.6 Å². The van der Waals surface area contributed by atoms with Crippen LogP contribution in [0.1, 0.15) is 22.7 Å². The molecule has 7 heteroatoms. The number of rotatable bonds is 8. The molecule has 0 aliphatic carbocycles. The van der Waals surface area contributed by atoms with Crippen LogP contribution in [0.15, 0.2) is 60.7 Å². The summed E-state index contributed by atoms with van der Waals surface area (Å²) in [5, 5.41) is 11.1. The molecule has 168 valence electrons. The zero-order valence-electron chi connectivity index (χ0n) is 18.5. The summed E-state index contributed by atoms with van der Waals surface area (Å²) in [5.41, 5.74) is 1.12. The minimum atomic E-state index is -1.02. The van der Waals surface area contributed by atoms with E-state index in [-0.39, 0.29) is 23.4 Å². The predicted octanol–water partition coefficient (Wildman–Crippen LogP) is 3.68. The molecule has 1 amide bonds. The van der Waals surface area contributed by atoms with Crippen LogP contribution in [0, 0.1) is 12.7 Å². The van der Waals surface area contributed by atoms with Crippen LogP contribution in [-0.2, 0) is 9.59 Å². The second kappa shape index (κ2) is 9.78. The number of halogens is 1. The highest BCUT2D eigenvalue weighted by Crippen LogP contribution is 2.40. The largest absolute Gasteiger partial charge is 0.507 e. The highest BCUT2D eigenvalue weighted by molar-refractivity contribution is 6.46. The number of ketones is 1. The maximum absolute atomic E-state index is 14.8. The molecule has 2 aromatic carbocycles. The first kappa shape index (κ1) is 23.2. The Balaban J connectivity index is 2.12. The maximum Gasteiger partial charge on any atom is 0.295 e. The van der Waals surface area contributed by atoms with Crippen LogP contribution in [0.5, 0.6) is 5.75 Å². The Morgan fingerprint density at radius 2 is 1.97 bits per heavy atom. The van der Waals surface area contributed by atoms with Crippen molar-refractivity contribution in [1.82, 2.24) is 9.80 Å². The van der Waals surface area contributed by atoms with Crippen LogP contribution >= 0.6 is 0 Å². The van der Waals surface area contributed by atoms with Gasteiger partial charge in [-0.2, -0.15) is 0 Å². The Morgan fingerprint density at radius 1 is 1.25 bits per heavy atom. The molecule has 1 heterocycles. The van der Waals surface area contributed by atoms with E-state index in [0.717, 1.165) is 5.56 Å². The fourth-order valence-electron chi connectivity index (χ4n) is 3.70. The lowest BCUT2D eigenvalue weighted by Crippen LogP contribution is -2.35. The number of likely N-dealkylation sites (N-methyl/N-ethyl adjacent to an activating group) is 1. The van der Waals surface area contributed by atoms with E-state index in [9.17, 15) is 19.1 Å². The molecular formula is C25H27FN2O4. The van der Waals surface area contributed by atoms with Crippen LogP contribution in [0.3, 0.4) is 0 Å². The predicted molar refractivity (Wildman–Crippen MR) is 121 cm³/mol. The van der Waals surface area contributed by atoms with Gasteiger partial charge >= 0.3 is 0 Å². The zero-order valence-corrected chi connectivity index (χ0v) is 18.5. The van der Waals surface area contributed by atoms with Gasteiger partial charge in [-0.3, -0.25) is 9.59 Å². The topological polar surface area (TPSA) is 70.1 Å². The third-order valence-corrected chi connectivity index (χ3v) is 5.33. The second-order valence-electron chi connectivity index (χ2n) is 7.90. The van der Waals surface area contributed by atoms with E-state index < -0.39 is 23.5 Å². The van der Waals surface area contributed by atoms with E-state index in [1.807, 2.05) is 19.0 Å². The molecule has 0 radical (unpaired) electrons. The first-order valence-corrected chi connectivity index (χ1v) is 10.3. The molecule has 1 atom stereocenters. The summed E-state index contributed by atoms with van der Waals surface area (Å²) in [6.45, 7) is 6.44. The second-order valence-corrected chi connectivity index (χ2v) is 7.90. The summed E-state index contributed by atoms with van der Waals surface area (Å²) in [6, 6.07) is 9.90. The number of nitrogens with zero attached hydrogens (tertiary/aromatic N) is 2. The first-order chi connectivity index (χ1) is 15.3. The number of aryl methyl sites for hydroxylation is 1. The highest BCUT2D eigenvalue weighted by atomic mass is 19.1. The fourth-order valence-corrected chi connectivity index (χ4v) is 3.70. The number of likely N-dealkylation sites (tertiary alicyclic amines) is 1. The lowest BCUT2D eigenvalue weighted by Gasteiger charge is -2.26. The third-order valence-electron chi connectivity index (χ3n) is 5.33. The van der Waals surface area contributed by atoms with E-state index in [4.69, 9.17) is 4.74 Å². The van der Waals surface area contributed by atoms with Crippen molar-refractivity contribution >= 4 is 17.4 Å². The number of carbonyl (C=O) groups excluding carboxylic acids is 2. The Bertz CT molecular complexity index is 1080. The van der Waals surface area contributed by atoms with Crippen molar-refractivity contribution in [2.24, 2.45) is 0 Å². The number of carbonyl (C=O) groups is 2. The SMILES string of the molecule is C=CCOc1ccc(C(O)=C2C(=O)C(=O)N(CCN(C)C)[C@H]2c2ccccc2F)cc1C. The number of benzene rings is 2. The summed E-state index contributed by atoms with van der Waals surface area (Å²) in [6.07, 6.45) is 1.62. The smallest absolute Gasteiger partial charge is 0.295 e. The molecule has 0 bridgehead atoms. The number of amides is 1. The van der Waals surface area contributed by atoms with Crippen LogP contribution in [0.2, 0.25) is 0 Å². The van der Waals surface area contributed by atoms with E-state index in [1.165, 1.54) is 23.1 Å². The molecule has 1 aliphatic heterocycles. The van der Waals surface area contributed by atoms with Crippen molar-refractivity contribution in [2.75, 3.05) is 33.8 Å². The normalized spacial score (nSPS) is 17.8. The van der Waals surface area contributed by atoms with Crippen molar-refractivity contribution in [3.05, 3.63) is 83.2 Å². The molecule has 1 N–H and O–H groups in total. The summed E-state index contributed by atoms with van der Waals surface area (Å²) in [4.78, 5) is 29.0. The molecule has 1 aliphatic rings. The molecule has 2 aromatic rings. The van der Waals surface area contributed by atoms with E-state index in [2.05, 4.69) is 6.58 Å². The van der Waals surface area contributed by atoms with E-state index in [1.54, 1.807) is 37.3 Å². The number of hydrogen-bond donors (Lipinski definition) is 1. The monoisotopic (exact) mass is 438 g/mol. The van der Waals surface area contributed by atoms with Gasteiger partial charge in [0, 0.05) is 24.2 Å². The third kappa shape index (κ3) is 4.57. The summed E-state index contributed by atoms with van der Waals surface area (Å²) >= 11 is 0. The Hall–Kier alpha value is -3.45. The average molecular weight is 438 g/mol.